The lowest BCUT2D eigenvalue weighted by Crippen LogP contribution is -2.32. The molecule has 2 N–H and O–H groups in total. The largest absolute Gasteiger partial charge is 0.497 e. The Morgan fingerprint density at radius 3 is 2.21 bits per heavy atom. The second kappa shape index (κ2) is 8.43. The van der Waals surface area contributed by atoms with Gasteiger partial charge in [-0.2, -0.15) is 0 Å². The minimum atomic E-state index is -0.424. The minimum absolute atomic E-state index is 0.115. The van der Waals surface area contributed by atoms with E-state index in [4.69, 9.17) is 4.74 Å². The van der Waals surface area contributed by atoms with E-state index in [9.17, 15) is 14.4 Å². The number of rotatable bonds is 7. The zero-order valence-electron chi connectivity index (χ0n) is 16.2. The van der Waals surface area contributed by atoms with Gasteiger partial charge in [-0.3, -0.25) is 19.3 Å². The number of amides is 3. The highest BCUT2D eigenvalue weighted by Crippen LogP contribution is 2.31. The van der Waals surface area contributed by atoms with Crippen LogP contribution in [0.5, 0.6) is 5.75 Å². The number of nitrogens with zero attached hydrogens (tertiary/aromatic N) is 1. The molecule has 3 amide bonds. The maximum atomic E-state index is 12.9. The van der Waals surface area contributed by atoms with Crippen LogP contribution in [0.2, 0.25) is 0 Å². The third kappa shape index (κ3) is 4.19. The van der Waals surface area contributed by atoms with Crippen molar-refractivity contribution in [3.8, 4) is 5.75 Å². The molecule has 29 heavy (non-hydrogen) atoms. The summed E-state index contributed by atoms with van der Waals surface area (Å²) in [5.41, 5.74) is 2.32. The highest BCUT2D eigenvalue weighted by molar-refractivity contribution is 6.36. The first-order valence-electron chi connectivity index (χ1n) is 8.95. The van der Waals surface area contributed by atoms with Gasteiger partial charge < -0.3 is 15.4 Å². The van der Waals surface area contributed by atoms with Crippen LogP contribution in [-0.4, -0.2) is 36.3 Å². The third-order valence-corrected chi connectivity index (χ3v) is 4.33. The average Bonchev–Trinajstić information content (AvgIpc) is 2.94. The number of imide groups is 1. The van der Waals surface area contributed by atoms with E-state index in [0.717, 1.165) is 4.90 Å². The zero-order chi connectivity index (χ0) is 21.0. The van der Waals surface area contributed by atoms with Gasteiger partial charge >= 0.3 is 0 Å². The zero-order valence-corrected chi connectivity index (χ0v) is 16.2. The van der Waals surface area contributed by atoms with Crippen molar-refractivity contribution in [1.29, 1.82) is 0 Å². The monoisotopic (exact) mass is 391 g/mol. The van der Waals surface area contributed by atoms with E-state index in [1.165, 1.54) is 13.0 Å². The Morgan fingerprint density at radius 2 is 1.66 bits per heavy atom. The summed E-state index contributed by atoms with van der Waals surface area (Å²) < 4.78 is 5.16. The Labute approximate surface area is 168 Å². The van der Waals surface area contributed by atoms with E-state index in [1.807, 2.05) is 0 Å². The molecule has 0 fully saturated rings. The average molecular weight is 391 g/mol. The van der Waals surface area contributed by atoms with Crippen LogP contribution < -0.4 is 15.4 Å². The summed E-state index contributed by atoms with van der Waals surface area (Å²) >= 11 is 0. The highest BCUT2D eigenvalue weighted by Gasteiger charge is 2.38. The molecular weight excluding hydrogens is 370 g/mol. The van der Waals surface area contributed by atoms with Crippen LogP contribution in [0, 0.1) is 0 Å². The molecule has 1 heterocycles. The van der Waals surface area contributed by atoms with Crippen molar-refractivity contribution in [2.45, 2.75) is 6.92 Å². The second-order valence-electron chi connectivity index (χ2n) is 6.37. The Kier molecular flexibility index (Phi) is 5.78. The van der Waals surface area contributed by atoms with Gasteiger partial charge in [-0.05, 0) is 42.0 Å². The lowest BCUT2D eigenvalue weighted by atomic mass is 10.0. The van der Waals surface area contributed by atoms with Crippen LogP contribution in [0.15, 0.2) is 66.9 Å². The molecule has 3 rings (SSSR count). The van der Waals surface area contributed by atoms with Crippen molar-refractivity contribution in [3.63, 3.8) is 0 Å². The molecule has 0 bridgehead atoms. The normalized spacial score (nSPS) is 13.5. The quantitative estimate of drug-likeness (QED) is 0.560. The fraction of sp³-hybridized carbons (Fsp3) is 0.136. The van der Waals surface area contributed by atoms with Crippen LogP contribution in [0.1, 0.15) is 12.5 Å². The number of nitrogens with one attached hydrogen (secondary N) is 2. The molecule has 7 heteroatoms. The number of anilines is 2. The summed E-state index contributed by atoms with van der Waals surface area (Å²) in [6.07, 6.45) is 1.51. The Balaban J connectivity index is 1.98. The fourth-order valence-electron chi connectivity index (χ4n) is 3.00. The summed E-state index contributed by atoms with van der Waals surface area (Å²) in [7, 11) is 1.56. The summed E-state index contributed by atoms with van der Waals surface area (Å²) in [6, 6.07) is 13.8. The fourth-order valence-corrected chi connectivity index (χ4v) is 3.00. The summed E-state index contributed by atoms with van der Waals surface area (Å²) in [5.74, 6) is -0.340. The third-order valence-electron chi connectivity index (χ3n) is 4.33. The molecule has 0 atom stereocenters. The first-order valence-corrected chi connectivity index (χ1v) is 8.95. The van der Waals surface area contributed by atoms with Crippen LogP contribution in [0.25, 0.3) is 5.57 Å². The maximum absolute atomic E-state index is 12.9. The van der Waals surface area contributed by atoms with Gasteiger partial charge in [0.25, 0.3) is 11.8 Å². The second-order valence-corrected chi connectivity index (χ2v) is 6.37. The van der Waals surface area contributed by atoms with Crippen LogP contribution in [-0.2, 0) is 14.4 Å². The van der Waals surface area contributed by atoms with Gasteiger partial charge in [0.1, 0.15) is 11.4 Å². The van der Waals surface area contributed by atoms with Crippen LogP contribution >= 0.6 is 0 Å². The molecule has 0 spiro atoms. The first kappa shape index (κ1) is 19.9. The Bertz CT molecular complexity index is 992. The van der Waals surface area contributed by atoms with E-state index in [-0.39, 0.29) is 23.7 Å². The van der Waals surface area contributed by atoms with E-state index in [1.54, 1.807) is 55.6 Å². The Hall–Kier alpha value is -3.87. The van der Waals surface area contributed by atoms with E-state index >= 15 is 0 Å². The topological polar surface area (TPSA) is 87.7 Å². The van der Waals surface area contributed by atoms with Gasteiger partial charge in [0.05, 0.1) is 12.7 Å². The molecule has 0 unspecified atom stereocenters. The number of carbonyl (C=O) groups is 3. The van der Waals surface area contributed by atoms with Crippen LogP contribution in [0.4, 0.5) is 11.4 Å². The van der Waals surface area contributed by atoms with Gasteiger partial charge in [-0.25, -0.2) is 0 Å². The number of ether oxygens (including phenoxy) is 1. The molecule has 0 saturated carbocycles. The maximum Gasteiger partial charge on any atom is 0.278 e. The summed E-state index contributed by atoms with van der Waals surface area (Å²) in [4.78, 5) is 38.1. The van der Waals surface area contributed by atoms with Crippen molar-refractivity contribution < 1.29 is 19.1 Å². The van der Waals surface area contributed by atoms with Gasteiger partial charge in [-0.15, -0.1) is 6.58 Å². The van der Waals surface area contributed by atoms with Crippen LogP contribution in [0.3, 0.4) is 0 Å². The summed E-state index contributed by atoms with van der Waals surface area (Å²) in [6.45, 7) is 5.16. The van der Waals surface area contributed by atoms with Gasteiger partial charge in [0.2, 0.25) is 5.91 Å². The smallest absolute Gasteiger partial charge is 0.278 e. The van der Waals surface area contributed by atoms with E-state index in [0.29, 0.717) is 22.7 Å². The lowest BCUT2D eigenvalue weighted by molar-refractivity contribution is -0.136. The molecule has 7 nitrogen and oxygen atoms in total. The van der Waals surface area contributed by atoms with Crippen molar-refractivity contribution in [3.05, 3.63) is 72.4 Å². The number of carbonyl (C=O) groups excluding carboxylic acids is 3. The highest BCUT2D eigenvalue weighted by atomic mass is 16.5. The molecule has 1 aliphatic rings. The molecule has 2 aromatic carbocycles. The van der Waals surface area contributed by atoms with Crippen molar-refractivity contribution >= 4 is 34.7 Å². The molecule has 148 valence electrons. The minimum Gasteiger partial charge on any atom is -0.497 e. The molecule has 2 aromatic rings. The molecule has 0 aliphatic carbocycles. The summed E-state index contributed by atoms with van der Waals surface area (Å²) in [5, 5.41) is 5.74. The lowest BCUT2D eigenvalue weighted by Gasteiger charge is -2.12. The van der Waals surface area contributed by atoms with Crippen molar-refractivity contribution in [1.82, 2.24) is 4.90 Å². The molecular formula is C22H21N3O4. The van der Waals surface area contributed by atoms with E-state index in [2.05, 4.69) is 17.2 Å². The number of hydrogen-bond donors (Lipinski definition) is 2. The molecule has 0 aromatic heterocycles. The number of hydrogen-bond acceptors (Lipinski definition) is 5. The number of benzene rings is 2. The number of methoxy groups -OCH3 is 1. The van der Waals surface area contributed by atoms with Gasteiger partial charge in [0, 0.05) is 24.8 Å². The van der Waals surface area contributed by atoms with Gasteiger partial charge in [0.15, 0.2) is 0 Å². The Morgan fingerprint density at radius 1 is 1.03 bits per heavy atom. The van der Waals surface area contributed by atoms with E-state index < -0.39 is 11.8 Å². The molecule has 0 saturated heterocycles. The predicted octanol–water partition coefficient (Wildman–Crippen LogP) is 3.03. The SMILES string of the molecule is C=CCN1C(=O)C(Nc2ccc(NC(C)=O)cc2)=C(c2ccc(OC)cc2)C1=O. The predicted molar refractivity (Wildman–Crippen MR) is 111 cm³/mol. The van der Waals surface area contributed by atoms with Crippen molar-refractivity contribution in [2.75, 3.05) is 24.3 Å². The van der Waals surface area contributed by atoms with Crippen molar-refractivity contribution in [2.24, 2.45) is 0 Å². The van der Waals surface area contributed by atoms with Gasteiger partial charge in [-0.1, -0.05) is 18.2 Å². The first-order chi connectivity index (χ1) is 13.9. The standard InChI is InChI=1S/C22H21N3O4/c1-4-13-25-21(27)19(15-5-11-18(29-3)12-6-15)20(22(25)28)24-17-9-7-16(8-10-17)23-14(2)26/h4-12,24H,1,13H2,2-3H3,(H,23,26). The molecule has 1 aliphatic heterocycles. The molecule has 0 radical (unpaired) electrons.